The molecule has 0 bridgehead atoms. The van der Waals surface area contributed by atoms with Crippen LogP contribution in [0.15, 0.2) is 0 Å². The van der Waals surface area contributed by atoms with E-state index in [1.165, 1.54) is 0 Å². The van der Waals surface area contributed by atoms with Gasteiger partial charge in [0.15, 0.2) is 0 Å². The quantitative estimate of drug-likeness (QED) is 0.517. The van der Waals surface area contributed by atoms with Crippen LogP contribution in [0.1, 0.15) is 6.42 Å². The van der Waals surface area contributed by atoms with Gasteiger partial charge in [0.25, 0.3) is 0 Å². The lowest BCUT2D eigenvalue weighted by atomic mass is 10.1. The van der Waals surface area contributed by atoms with Crippen LogP contribution in [-0.2, 0) is 4.79 Å². The van der Waals surface area contributed by atoms with Crippen molar-refractivity contribution in [2.24, 2.45) is 0 Å². The fourth-order valence-corrected chi connectivity index (χ4v) is 1.20. The Kier molecular flexibility index (Phi) is 3.31. The maximum absolute atomic E-state index is 11.2. The van der Waals surface area contributed by atoms with E-state index in [1.54, 1.807) is 0 Å². The molecule has 0 aliphatic carbocycles. The average molecular weight is 192 g/mol. The lowest BCUT2D eigenvalue weighted by Gasteiger charge is -2.32. The summed E-state index contributed by atoms with van der Waals surface area (Å²) in [6, 6.07) is 0.473. The van der Waals surface area contributed by atoms with E-state index in [2.05, 4.69) is 16.0 Å². The summed E-state index contributed by atoms with van der Waals surface area (Å²) in [5.74, 6) is 0.169. The van der Waals surface area contributed by atoms with Gasteiger partial charge >= 0.3 is 0 Å². The number of rotatable bonds is 2. The van der Waals surface area contributed by atoms with Gasteiger partial charge < -0.3 is 16.0 Å². The molecule has 2 heterocycles. The molecular formula is C7H14ClN3O. The number of carbonyl (C=O) groups is 1. The molecule has 1 atom stereocenters. The van der Waals surface area contributed by atoms with Crippen molar-refractivity contribution in [3.63, 3.8) is 0 Å². The van der Waals surface area contributed by atoms with Crippen molar-refractivity contribution in [1.29, 1.82) is 0 Å². The molecule has 4 nitrogen and oxygen atoms in total. The molecule has 0 saturated carbocycles. The largest absolute Gasteiger partial charge is 0.349 e. The maximum Gasteiger partial charge on any atom is 0.237 e. The molecule has 0 aromatic heterocycles. The highest BCUT2D eigenvalue weighted by Gasteiger charge is 2.27. The Labute approximate surface area is 77.9 Å². The summed E-state index contributed by atoms with van der Waals surface area (Å²) in [6.07, 6.45) is 0.992. The summed E-state index contributed by atoms with van der Waals surface area (Å²) < 4.78 is 0. The van der Waals surface area contributed by atoms with Gasteiger partial charge in [0.05, 0.1) is 12.1 Å². The maximum atomic E-state index is 11.2. The lowest BCUT2D eigenvalue weighted by molar-refractivity contribution is -0.125. The van der Waals surface area contributed by atoms with Crippen LogP contribution in [0.4, 0.5) is 0 Å². The molecule has 2 aliphatic rings. The zero-order chi connectivity index (χ0) is 7.68. The first-order chi connectivity index (χ1) is 5.36. The van der Waals surface area contributed by atoms with Crippen LogP contribution in [-0.4, -0.2) is 37.6 Å². The predicted octanol–water partition coefficient (Wildman–Crippen LogP) is -1.14. The van der Waals surface area contributed by atoms with Gasteiger partial charge in [0, 0.05) is 13.1 Å². The van der Waals surface area contributed by atoms with Gasteiger partial charge in [-0.25, -0.2) is 0 Å². The minimum Gasteiger partial charge on any atom is -0.349 e. The van der Waals surface area contributed by atoms with Crippen molar-refractivity contribution >= 4 is 18.3 Å². The second-order valence-corrected chi connectivity index (χ2v) is 3.16. The molecule has 0 unspecified atom stereocenters. The molecule has 5 heteroatoms. The summed E-state index contributed by atoms with van der Waals surface area (Å²) in [5.41, 5.74) is 0. The fraction of sp³-hybridized carbons (Fsp3) is 0.857. The highest BCUT2D eigenvalue weighted by Crippen LogP contribution is 2.02. The van der Waals surface area contributed by atoms with Crippen LogP contribution < -0.4 is 16.0 Å². The van der Waals surface area contributed by atoms with Crippen molar-refractivity contribution in [3.05, 3.63) is 0 Å². The van der Waals surface area contributed by atoms with Crippen molar-refractivity contribution in [2.45, 2.75) is 18.5 Å². The Hall–Kier alpha value is -0.320. The number of hydrogen-bond donors (Lipinski definition) is 3. The third-order valence-corrected chi connectivity index (χ3v) is 2.27. The van der Waals surface area contributed by atoms with Crippen LogP contribution in [0.2, 0.25) is 0 Å². The number of carbonyl (C=O) groups excluding carboxylic acids is 1. The highest BCUT2D eigenvalue weighted by atomic mass is 35.5. The van der Waals surface area contributed by atoms with Crippen LogP contribution in [0.3, 0.4) is 0 Å². The Morgan fingerprint density at radius 3 is 2.42 bits per heavy atom. The third kappa shape index (κ3) is 1.88. The van der Waals surface area contributed by atoms with Gasteiger partial charge in [-0.1, -0.05) is 0 Å². The Bertz CT molecular complexity index is 168. The minimum atomic E-state index is 0. The van der Waals surface area contributed by atoms with Gasteiger partial charge in [-0.3, -0.25) is 4.79 Å². The van der Waals surface area contributed by atoms with Crippen molar-refractivity contribution in [1.82, 2.24) is 16.0 Å². The van der Waals surface area contributed by atoms with Crippen LogP contribution >= 0.6 is 12.4 Å². The molecule has 12 heavy (non-hydrogen) atoms. The van der Waals surface area contributed by atoms with Crippen LogP contribution in [0, 0.1) is 0 Å². The number of amides is 1. The summed E-state index contributed by atoms with van der Waals surface area (Å²) in [7, 11) is 0. The topological polar surface area (TPSA) is 53.2 Å². The number of hydrogen-bond acceptors (Lipinski definition) is 3. The number of nitrogens with one attached hydrogen (secondary N) is 3. The molecule has 3 N–H and O–H groups in total. The third-order valence-electron chi connectivity index (χ3n) is 2.27. The van der Waals surface area contributed by atoms with E-state index in [0.29, 0.717) is 6.04 Å². The summed E-state index contributed by atoms with van der Waals surface area (Å²) in [5, 5.41) is 9.13. The fourth-order valence-electron chi connectivity index (χ4n) is 1.20. The second kappa shape index (κ2) is 4.07. The summed E-state index contributed by atoms with van der Waals surface area (Å²) in [4.78, 5) is 11.2. The molecule has 0 spiro atoms. The molecule has 0 radical (unpaired) electrons. The van der Waals surface area contributed by atoms with Crippen LogP contribution in [0.5, 0.6) is 0 Å². The molecule has 2 rings (SSSR count). The van der Waals surface area contributed by atoms with E-state index >= 15 is 0 Å². The first-order valence-corrected chi connectivity index (χ1v) is 4.11. The molecule has 70 valence electrons. The monoisotopic (exact) mass is 191 g/mol. The van der Waals surface area contributed by atoms with E-state index in [-0.39, 0.29) is 24.4 Å². The molecule has 1 amide bonds. The summed E-state index contributed by atoms with van der Waals surface area (Å²) in [6.45, 7) is 2.85. The first-order valence-electron chi connectivity index (χ1n) is 4.11. The zero-order valence-electron chi connectivity index (χ0n) is 6.80. The van der Waals surface area contributed by atoms with Gasteiger partial charge in [-0.15, -0.1) is 12.4 Å². The van der Waals surface area contributed by atoms with Gasteiger partial charge in [0.1, 0.15) is 0 Å². The smallest absolute Gasteiger partial charge is 0.237 e. The number of halogens is 1. The predicted molar refractivity (Wildman–Crippen MR) is 48.5 cm³/mol. The second-order valence-electron chi connectivity index (χ2n) is 3.16. The Balaban J connectivity index is 0.000000720. The van der Waals surface area contributed by atoms with Crippen molar-refractivity contribution in [2.75, 3.05) is 19.6 Å². The summed E-state index contributed by atoms with van der Waals surface area (Å²) >= 11 is 0. The van der Waals surface area contributed by atoms with E-state index in [9.17, 15) is 4.79 Å². The first kappa shape index (κ1) is 9.77. The highest BCUT2D eigenvalue weighted by molar-refractivity contribution is 5.85. The standard InChI is InChI=1S/C7H13N3O.ClH/c11-7(6-1-2-9-6)10-5-3-8-4-5;/h5-6,8-9H,1-4H2,(H,10,11);1H/t6-;/m1./s1. The van der Waals surface area contributed by atoms with Gasteiger partial charge in [-0.05, 0) is 13.0 Å². The lowest BCUT2D eigenvalue weighted by Crippen LogP contribution is -2.62. The Morgan fingerprint density at radius 1 is 1.42 bits per heavy atom. The van der Waals surface area contributed by atoms with E-state index in [1.807, 2.05) is 0 Å². The van der Waals surface area contributed by atoms with Gasteiger partial charge in [0.2, 0.25) is 5.91 Å². The Morgan fingerprint density at radius 2 is 2.08 bits per heavy atom. The molecule has 0 aromatic carbocycles. The van der Waals surface area contributed by atoms with E-state index in [0.717, 1.165) is 26.1 Å². The normalized spacial score (nSPS) is 27.8. The molecule has 2 fully saturated rings. The van der Waals surface area contributed by atoms with Crippen molar-refractivity contribution < 1.29 is 4.79 Å². The SMILES string of the molecule is Cl.O=C(NC1CNC1)[C@H]1CCN1. The molecule has 0 aromatic rings. The molecular weight excluding hydrogens is 178 g/mol. The van der Waals surface area contributed by atoms with Crippen molar-refractivity contribution in [3.8, 4) is 0 Å². The van der Waals surface area contributed by atoms with Gasteiger partial charge in [-0.2, -0.15) is 0 Å². The zero-order valence-corrected chi connectivity index (χ0v) is 7.62. The molecule has 2 aliphatic heterocycles. The minimum absolute atomic E-state index is 0. The van der Waals surface area contributed by atoms with Crippen LogP contribution in [0.25, 0.3) is 0 Å². The average Bonchev–Trinajstić information content (AvgIpc) is 1.74. The molecule has 2 saturated heterocycles. The van der Waals surface area contributed by atoms with E-state index < -0.39 is 0 Å². The van der Waals surface area contributed by atoms with E-state index in [4.69, 9.17) is 0 Å².